The van der Waals surface area contributed by atoms with Gasteiger partial charge in [0.2, 0.25) is 5.91 Å². The molecule has 2 aromatic carbocycles. The SMILES string of the molecule is COc1ccc(C2(C(=O)N3CCOC[C@@H](Cc4cccc5cccnc45)C3)CCCC2)cc1. The second kappa shape index (κ2) is 9.52. The van der Waals surface area contributed by atoms with Crippen LogP contribution in [-0.4, -0.2) is 49.2 Å². The molecule has 1 aromatic heterocycles. The van der Waals surface area contributed by atoms with Crippen LogP contribution in [0.1, 0.15) is 36.8 Å². The van der Waals surface area contributed by atoms with Crippen LogP contribution < -0.4 is 4.74 Å². The minimum absolute atomic E-state index is 0.248. The molecule has 1 saturated carbocycles. The third kappa shape index (κ3) is 4.34. The summed E-state index contributed by atoms with van der Waals surface area (Å²) in [4.78, 5) is 20.8. The van der Waals surface area contributed by atoms with Gasteiger partial charge >= 0.3 is 0 Å². The number of carbonyl (C=O) groups excluding carboxylic acids is 1. The Hall–Kier alpha value is -2.92. The van der Waals surface area contributed by atoms with Crippen molar-refractivity contribution in [1.29, 1.82) is 0 Å². The molecular weight excluding hydrogens is 412 g/mol. The van der Waals surface area contributed by atoms with E-state index in [9.17, 15) is 4.79 Å². The van der Waals surface area contributed by atoms with E-state index >= 15 is 0 Å². The van der Waals surface area contributed by atoms with Crippen LogP contribution in [0.3, 0.4) is 0 Å². The number of methoxy groups -OCH3 is 1. The summed E-state index contributed by atoms with van der Waals surface area (Å²) in [5, 5.41) is 1.15. The molecule has 1 atom stereocenters. The number of para-hydroxylation sites is 1. The summed E-state index contributed by atoms with van der Waals surface area (Å²) in [5.41, 5.74) is 2.96. The largest absolute Gasteiger partial charge is 0.497 e. The van der Waals surface area contributed by atoms with Crippen molar-refractivity contribution in [2.24, 2.45) is 5.92 Å². The molecule has 1 saturated heterocycles. The quantitative estimate of drug-likeness (QED) is 0.569. The van der Waals surface area contributed by atoms with E-state index < -0.39 is 5.41 Å². The number of hydrogen-bond acceptors (Lipinski definition) is 4. The Kier molecular flexibility index (Phi) is 6.32. The zero-order valence-electron chi connectivity index (χ0n) is 19.3. The average molecular weight is 445 g/mol. The summed E-state index contributed by atoms with van der Waals surface area (Å²) in [5.74, 6) is 1.33. The van der Waals surface area contributed by atoms with Crippen molar-refractivity contribution in [3.05, 3.63) is 71.9 Å². The van der Waals surface area contributed by atoms with Crippen molar-refractivity contribution < 1.29 is 14.3 Å². The predicted molar refractivity (Wildman–Crippen MR) is 129 cm³/mol. The number of ether oxygens (including phenoxy) is 2. The number of pyridine rings is 1. The number of carbonyl (C=O) groups is 1. The van der Waals surface area contributed by atoms with Gasteiger partial charge < -0.3 is 14.4 Å². The van der Waals surface area contributed by atoms with Crippen molar-refractivity contribution in [2.75, 3.05) is 33.4 Å². The molecule has 1 aliphatic heterocycles. The molecule has 1 aliphatic carbocycles. The number of aromatic nitrogens is 1. The van der Waals surface area contributed by atoms with E-state index in [0.29, 0.717) is 19.8 Å². The van der Waals surface area contributed by atoms with Crippen LogP contribution in [0.2, 0.25) is 0 Å². The number of fused-ring (bicyclic) bond motifs is 1. The van der Waals surface area contributed by atoms with Gasteiger partial charge in [-0.1, -0.05) is 49.2 Å². The maximum atomic E-state index is 14.1. The van der Waals surface area contributed by atoms with Gasteiger partial charge in [-0.25, -0.2) is 0 Å². The fourth-order valence-corrected chi connectivity index (χ4v) is 5.65. The third-order valence-electron chi connectivity index (χ3n) is 7.36. The summed E-state index contributed by atoms with van der Waals surface area (Å²) in [6, 6.07) is 18.5. The van der Waals surface area contributed by atoms with Crippen LogP contribution >= 0.6 is 0 Å². The first-order chi connectivity index (χ1) is 16.2. The molecule has 0 bridgehead atoms. The fraction of sp³-hybridized carbons (Fsp3) is 0.429. The molecule has 5 nitrogen and oxygen atoms in total. The van der Waals surface area contributed by atoms with Crippen LogP contribution in [0.15, 0.2) is 60.8 Å². The van der Waals surface area contributed by atoms with Crippen molar-refractivity contribution >= 4 is 16.8 Å². The van der Waals surface area contributed by atoms with Crippen LogP contribution in [0.4, 0.5) is 0 Å². The third-order valence-corrected chi connectivity index (χ3v) is 7.36. The highest BCUT2D eigenvalue weighted by Gasteiger charge is 2.45. The fourth-order valence-electron chi connectivity index (χ4n) is 5.65. The Bertz CT molecular complexity index is 1100. The molecule has 0 N–H and O–H groups in total. The minimum Gasteiger partial charge on any atom is -0.497 e. The lowest BCUT2D eigenvalue weighted by molar-refractivity contribution is -0.137. The summed E-state index contributed by atoms with van der Waals surface area (Å²) >= 11 is 0. The molecule has 5 heteroatoms. The predicted octanol–water partition coefficient (Wildman–Crippen LogP) is 4.77. The number of rotatable bonds is 5. The molecule has 172 valence electrons. The van der Waals surface area contributed by atoms with E-state index in [1.165, 1.54) is 5.56 Å². The van der Waals surface area contributed by atoms with Crippen molar-refractivity contribution in [3.63, 3.8) is 0 Å². The van der Waals surface area contributed by atoms with Crippen LogP contribution in [0.25, 0.3) is 10.9 Å². The highest BCUT2D eigenvalue weighted by molar-refractivity contribution is 5.89. The highest BCUT2D eigenvalue weighted by atomic mass is 16.5. The summed E-state index contributed by atoms with van der Waals surface area (Å²) in [6.45, 7) is 2.64. The Morgan fingerprint density at radius 1 is 1.12 bits per heavy atom. The number of hydrogen-bond donors (Lipinski definition) is 0. The maximum Gasteiger partial charge on any atom is 0.233 e. The molecular formula is C28H32N2O3. The second-order valence-corrected chi connectivity index (χ2v) is 9.41. The summed E-state index contributed by atoms with van der Waals surface area (Å²) < 4.78 is 11.3. The van der Waals surface area contributed by atoms with Gasteiger partial charge in [-0.05, 0) is 48.6 Å². The first-order valence-corrected chi connectivity index (χ1v) is 12.0. The van der Waals surface area contributed by atoms with Crippen molar-refractivity contribution in [1.82, 2.24) is 9.88 Å². The van der Waals surface area contributed by atoms with Gasteiger partial charge in [-0.2, -0.15) is 0 Å². The van der Waals surface area contributed by atoms with E-state index in [0.717, 1.165) is 60.9 Å². The molecule has 2 aliphatic rings. The van der Waals surface area contributed by atoms with Crippen LogP contribution in [-0.2, 0) is 21.4 Å². The van der Waals surface area contributed by atoms with Crippen LogP contribution in [0, 0.1) is 5.92 Å². The lowest BCUT2D eigenvalue weighted by Crippen LogP contribution is -2.47. The normalized spacial score (nSPS) is 20.5. The molecule has 2 heterocycles. The lowest BCUT2D eigenvalue weighted by Gasteiger charge is -2.35. The van der Waals surface area contributed by atoms with Gasteiger partial charge in [0.25, 0.3) is 0 Å². The molecule has 1 amide bonds. The first-order valence-electron chi connectivity index (χ1n) is 12.0. The molecule has 5 rings (SSSR count). The molecule has 0 radical (unpaired) electrons. The standard InChI is InChI=1S/C28H32N2O3/c1-32-25-11-9-24(10-12-25)28(13-2-3-14-28)27(31)30-16-17-33-20-21(19-30)18-23-7-4-6-22-8-5-15-29-26(22)23/h4-12,15,21H,2-3,13-14,16-20H2,1H3/t21-/m0/s1. The Morgan fingerprint density at radius 3 is 2.70 bits per heavy atom. The van der Waals surface area contributed by atoms with Gasteiger partial charge in [0.1, 0.15) is 5.75 Å². The van der Waals surface area contributed by atoms with Gasteiger partial charge in [-0.15, -0.1) is 0 Å². The van der Waals surface area contributed by atoms with Crippen molar-refractivity contribution in [2.45, 2.75) is 37.5 Å². The summed E-state index contributed by atoms with van der Waals surface area (Å²) in [7, 11) is 1.67. The Labute approximate surface area is 195 Å². The van der Waals surface area contributed by atoms with Gasteiger partial charge in [0.05, 0.1) is 31.3 Å². The van der Waals surface area contributed by atoms with Gasteiger partial charge in [-0.3, -0.25) is 9.78 Å². The van der Waals surface area contributed by atoms with Gasteiger partial charge in [0, 0.05) is 30.6 Å². The maximum absolute atomic E-state index is 14.1. The lowest BCUT2D eigenvalue weighted by atomic mass is 9.77. The number of nitrogens with zero attached hydrogens (tertiary/aromatic N) is 2. The minimum atomic E-state index is -0.428. The molecule has 2 fully saturated rings. The Balaban J connectivity index is 1.39. The number of benzene rings is 2. The van der Waals surface area contributed by atoms with E-state index in [4.69, 9.17) is 9.47 Å². The zero-order chi connectivity index (χ0) is 22.7. The highest BCUT2D eigenvalue weighted by Crippen LogP contribution is 2.43. The van der Waals surface area contributed by atoms with E-state index in [-0.39, 0.29) is 11.8 Å². The van der Waals surface area contributed by atoms with Crippen molar-refractivity contribution in [3.8, 4) is 5.75 Å². The summed E-state index contributed by atoms with van der Waals surface area (Å²) in [6.07, 6.45) is 6.71. The molecule has 0 spiro atoms. The van der Waals surface area contributed by atoms with E-state index in [2.05, 4.69) is 46.3 Å². The zero-order valence-corrected chi connectivity index (χ0v) is 19.3. The molecule has 0 unspecified atom stereocenters. The second-order valence-electron chi connectivity index (χ2n) is 9.41. The smallest absolute Gasteiger partial charge is 0.233 e. The molecule has 3 aromatic rings. The number of amides is 1. The topological polar surface area (TPSA) is 51.7 Å². The van der Waals surface area contributed by atoms with E-state index in [1.54, 1.807) is 7.11 Å². The Morgan fingerprint density at radius 2 is 1.91 bits per heavy atom. The van der Waals surface area contributed by atoms with E-state index in [1.807, 2.05) is 24.4 Å². The monoisotopic (exact) mass is 444 g/mol. The average Bonchev–Trinajstić information content (AvgIpc) is 3.25. The van der Waals surface area contributed by atoms with Gasteiger partial charge in [0.15, 0.2) is 0 Å². The molecule has 33 heavy (non-hydrogen) atoms. The first kappa shape index (κ1) is 21.9. The van der Waals surface area contributed by atoms with Crippen LogP contribution in [0.5, 0.6) is 5.75 Å².